The van der Waals surface area contributed by atoms with Gasteiger partial charge in [-0.2, -0.15) is 0 Å². The van der Waals surface area contributed by atoms with E-state index in [0.29, 0.717) is 6.04 Å². The summed E-state index contributed by atoms with van der Waals surface area (Å²) in [4.78, 5) is 0. The van der Waals surface area contributed by atoms with Gasteiger partial charge in [0.05, 0.1) is 0 Å². The number of hydrogen-bond donors (Lipinski definition) is 1. The third-order valence-electron chi connectivity index (χ3n) is 3.55. The summed E-state index contributed by atoms with van der Waals surface area (Å²) in [6, 6.07) is 5.41. The fourth-order valence-corrected chi connectivity index (χ4v) is 2.84. The number of rotatable bonds is 0. The quantitative estimate of drug-likeness (QED) is 0.719. The summed E-state index contributed by atoms with van der Waals surface area (Å²) < 4.78 is 15.5. The van der Waals surface area contributed by atoms with Crippen molar-refractivity contribution in [2.24, 2.45) is 7.05 Å². The van der Waals surface area contributed by atoms with Gasteiger partial charge in [0.1, 0.15) is 5.82 Å². The highest BCUT2D eigenvalue weighted by Crippen LogP contribution is 2.32. The molecule has 0 saturated heterocycles. The van der Waals surface area contributed by atoms with E-state index in [2.05, 4.69) is 23.9 Å². The van der Waals surface area contributed by atoms with Crippen LogP contribution < -0.4 is 5.32 Å². The van der Waals surface area contributed by atoms with Gasteiger partial charge in [0, 0.05) is 29.7 Å². The summed E-state index contributed by atoms with van der Waals surface area (Å²) in [5, 5.41) is 4.51. The van der Waals surface area contributed by atoms with Crippen LogP contribution in [-0.4, -0.2) is 11.1 Å². The van der Waals surface area contributed by atoms with Gasteiger partial charge in [0.2, 0.25) is 0 Å². The third-order valence-corrected chi connectivity index (χ3v) is 3.55. The van der Waals surface area contributed by atoms with Gasteiger partial charge in [0.25, 0.3) is 0 Å². The molecule has 0 fully saturated rings. The average molecular weight is 218 g/mol. The zero-order valence-corrected chi connectivity index (χ0v) is 9.55. The number of halogens is 1. The molecule has 2 aromatic rings. The first kappa shape index (κ1) is 9.85. The molecule has 1 N–H and O–H groups in total. The van der Waals surface area contributed by atoms with Gasteiger partial charge in [-0.3, -0.25) is 0 Å². The zero-order chi connectivity index (χ0) is 11.3. The SMILES string of the molecule is CC1NCCc2c1n(C)c1ccc(F)cc21. The maximum Gasteiger partial charge on any atom is 0.123 e. The molecule has 2 heterocycles. The van der Waals surface area contributed by atoms with Gasteiger partial charge < -0.3 is 9.88 Å². The highest BCUT2D eigenvalue weighted by molar-refractivity contribution is 5.86. The van der Waals surface area contributed by atoms with Crippen LogP contribution in [-0.2, 0) is 13.5 Å². The number of benzene rings is 1. The molecule has 0 spiro atoms. The molecule has 16 heavy (non-hydrogen) atoms. The number of hydrogen-bond acceptors (Lipinski definition) is 1. The minimum absolute atomic E-state index is 0.146. The molecule has 0 bridgehead atoms. The van der Waals surface area contributed by atoms with Crippen molar-refractivity contribution in [1.29, 1.82) is 0 Å². The van der Waals surface area contributed by atoms with Gasteiger partial charge in [-0.1, -0.05) is 0 Å². The summed E-state index contributed by atoms with van der Waals surface area (Å²) in [5.74, 6) is -0.146. The fourth-order valence-electron chi connectivity index (χ4n) is 2.84. The molecule has 3 rings (SSSR count). The molecule has 0 amide bonds. The highest BCUT2D eigenvalue weighted by atomic mass is 19.1. The minimum Gasteiger partial charge on any atom is -0.346 e. The van der Waals surface area contributed by atoms with Gasteiger partial charge in [-0.25, -0.2) is 4.39 Å². The zero-order valence-electron chi connectivity index (χ0n) is 9.55. The van der Waals surface area contributed by atoms with E-state index >= 15 is 0 Å². The molecular weight excluding hydrogens is 203 g/mol. The molecule has 1 unspecified atom stereocenters. The molecule has 1 aliphatic rings. The minimum atomic E-state index is -0.146. The molecule has 0 aliphatic carbocycles. The largest absolute Gasteiger partial charge is 0.346 e. The molecular formula is C13H15FN2. The Kier molecular flexibility index (Phi) is 2.04. The van der Waals surface area contributed by atoms with Crippen molar-refractivity contribution >= 4 is 10.9 Å². The maximum absolute atomic E-state index is 13.3. The van der Waals surface area contributed by atoms with E-state index < -0.39 is 0 Å². The fraction of sp³-hybridized carbons (Fsp3) is 0.385. The summed E-state index contributed by atoms with van der Waals surface area (Å²) >= 11 is 0. The van der Waals surface area contributed by atoms with Crippen LogP contribution in [0.15, 0.2) is 18.2 Å². The van der Waals surface area contributed by atoms with E-state index in [1.807, 2.05) is 6.07 Å². The lowest BCUT2D eigenvalue weighted by Crippen LogP contribution is -2.28. The number of aromatic nitrogens is 1. The molecule has 84 valence electrons. The Morgan fingerprint density at radius 3 is 3.06 bits per heavy atom. The van der Waals surface area contributed by atoms with Crippen molar-refractivity contribution in [2.75, 3.05) is 6.54 Å². The maximum atomic E-state index is 13.3. The number of aryl methyl sites for hydroxylation is 1. The Bertz CT molecular complexity index is 557. The molecule has 1 aromatic carbocycles. The van der Waals surface area contributed by atoms with Crippen molar-refractivity contribution in [3.05, 3.63) is 35.3 Å². The Morgan fingerprint density at radius 1 is 1.44 bits per heavy atom. The van der Waals surface area contributed by atoms with Crippen LogP contribution in [0.2, 0.25) is 0 Å². The standard InChI is InChI=1S/C13H15FN2/c1-8-13-10(5-6-15-8)11-7-9(14)3-4-12(11)16(13)2/h3-4,7-8,15H,5-6H2,1-2H3. The molecule has 1 aliphatic heterocycles. The van der Waals surface area contributed by atoms with E-state index in [1.54, 1.807) is 6.07 Å². The lowest BCUT2D eigenvalue weighted by atomic mass is 10.0. The average Bonchev–Trinajstić information content (AvgIpc) is 2.54. The van der Waals surface area contributed by atoms with E-state index in [9.17, 15) is 4.39 Å². The first-order valence-electron chi connectivity index (χ1n) is 5.68. The van der Waals surface area contributed by atoms with Crippen LogP contribution in [0.1, 0.15) is 24.2 Å². The van der Waals surface area contributed by atoms with Gasteiger partial charge in [-0.05, 0) is 43.7 Å². The van der Waals surface area contributed by atoms with Crippen LogP contribution in [0.3, 0.4) is 0 Å². The summed E-state index contributed by atoms with van der Waals surface area (Å²) in [7, 11) is 2.06. The smallest absolute Gasteiger partial charge is 0.123 e. The van der Waals surface area contributed by atoms with E-state index in [0.717, 1.165) is 23.9 Å². The van der Waals surface area contributed by atoms with E-state index in [1.165, 1.54) is 17.3 Å². The molecule has 1 aromatic heterocycles. The molecule has 3 heteroatoms. The first-order valence-corrected chi connectivity index (χ1v) is 5.68. The van der Waals surface area contributed by atoms with E-state index in [4.69, 9.17) is 0 Å². The van der Waals surface area contributed by atoms with Crippen LogP contribution >= 0.6 is 0 Å². The number of nitrogens with zero attached hydrogens (tertiary/aromatic N) is 1. The summed E-state index contributed by atoms with van der Waals surface area (Å²) in [5.41, 5.74) is 3.73. The topological polar surface area (TPSA) is 17.0 Å². The molecule has 1 atom stereocenters. The monoisotopic (exact) mass is 218 g/mol. The number of nitrogens with one attached hydrogen (secondary N) is 1. The Hall–Kier alpha value is -1.35. The Balaban J connectivity index is 2.39. The number of fused-ring (bicyclic) bond motifs is 3. The lowest BCUT2D eigenvalue weighted by Gasteiger charge is -2.22. The van der Waals surface area contributed by atoms with Crippen molar-refractivity contribution in [1.82, 2.24) is 9.88 Å². The second-order valence-corrected chi connectivity index (χ2v) is 4.51. The van der Waals surface area contributed by atoms with Crippen LogP contribution in [0, 0.1) is 5.82 Å². The highest BCUT2D eigenvalue weighted by Gasteiger charge is 2.23. The van der Waals surface area contributed by atoms with Gasteiger partial charge in [0.15, 0.2) is 0 Å². The second kappa shape index (κ2) is 3.32. The van der Waals surface area contributed by atoms with Crippen molar-refractivity contribution in [3.8, 4) is 0 Å². The van der Waals surface area contributed by atoms with Crippen LogP contribution in [0.4, 0.5) is 4.39 Å². The van der Waals surface area contributed by atoms with Crippen LogP contribution in [0.25, 0.3) is 10.9 Å². The van der Waals surface area contributed by atoms with Crippen molar-refractivity contribution in [3.63, 3.8) is 0 Å². The van der Waals surface area contributed by atoms with Gasteiger partial charge >= 0.3 is 0 Å². The Labute approximate surface area is 94.1 Å². The van der Waals surface area contributed by atoms with Gasteiger partial charge in [-0.15, -0.1) is 0 Å². The predicted octanol–water partition coefficient (Wildman–Crippen LogP) is 2.52. The molecule has 0 radical (unpaired) electrons. The van der Waals surface area contributed by atoms with E-state index in [-0.39, 0.29) is 5.82 Å². The normalized spacial score (nSPS) is 20.1. The first-order chi connectivity index (χ1) is 7.68. The van der Waals surface area contributed by atoms with Crippen molar-refractivity contribution < 1.29 is 4.39 Å². The van der Waals surface area contributed by atoms with Crippen LogP contribution in [0.5, 0.6) is 0 Å². The summed E-state index contributed by atoms with van der Waals surface area (Å²) in [6.45, 7) is 3.14. The second-order valence-electron chi connectivity index (χ2n) is 4.51. The Morgan fingerprint density at radius 2 is 2.25 bits per heavy atom. The summed E-state index contributed by atoms with van der Waals surface area (Å²) in [6.07, 6.45) is 0.987. The third kappa shape index (κ3) is 1.21. The molecule has 2 nitrogen and oxygen atoms in total. The molecule has 0 saturated carbocycles. The predicted molar refractivity (Wildman–Crippen MR) is 63.0 cm³/mol. The van der Waals surface area contributed by atoms with Crippen molar-refractivity contribution in [2.45, 2.75) is 19.4 Å². The lowest BCUT2D eigenvalue weighted by molar-refractivity contribution is 0.515.